The second-order valence-corrected chi connectivity index (χ2v) is 5.10. The number of hydrogen-bond donors (Lipinski definition) is 1. The molecular formula is C13H16FNS. The fraction of sp³-hybridized carbons (Fsp3) is 0.385. The SMILES string of the molecule is CCCNCc1sc2ccc(F)cc2c1C. The molecule has 0 aliphatic carbocycles. The molecule has 0 atom stereocenters. The van der Waals surface area contributed by atoms with Crippen molar-refractivity contribution in [2.45, 2.75) is 26.8 Å². The van der Waals surface area contributed by atoms with Gasteiger partial charge in [0, 0.05) is 16.1 Å². The fourth-order valence-corrected chi connectivity index (χ4v) is 2.95. The molecule has 1 aromatic carbocycles. The smallest absolute Gasteiger partial charge is 0.123 e. The summed E-state index contributed by atoms with van der Waals surface area (Å²) in [5.41, 5.74) is 1.21. The lowest BCUT2D eigenvalue weighted by atomic mass is 10.1. The first-order valence-corrected chi connectivity index (χ1v) is 6.42. The van der Waals surface area contributed by atoms with Crippen LogP contribution < -0.4 is 5.32 Å². The summed E-state index contributed by atoms with van der Waals surface area (Å²) < 4.78 is 14.3. The molecule has 2 rings (SSSR count). The van der Waals surface area contributed by atoms with Crippen molar-refractivity contribution < 1.29 is 4.39 Å². The van der Waals surface area contributed by atoms with E-state index in [0.717, 1.165) is 24.9 Å². The second kappa shape index (κ2) is 4.93. The van der Waals surface area contributed by atoms with Crippen molar-refractivity contribution >= 4 is 21.4 Å². The number of thiophene rings is 1. The Bertz CT molecular complexity index is 490. The molecule has 0 saturated carbocycles. The molecule has 86 valence electrons. The Hall–Kier alpha value is -0.930. The van der Waals surface area contributed by atoms with Crippen LogP contribution in [0.4, 0.5) is 4.39 Å². The third-order valence-corrected chi connectivity index (χ3v) is 3.98. The minimum atomic E-state index is -0.151. The highest BCUT2D eigenvalue weighted by atomic mass is 32.1. The quantitative estimate of drug-likeness (QED) is 0.796. The van der Waals surface area contributed by atoms with Gasteiger partial charge < -0.3 is 5.32 Å². The zero-order valence-electron chi connectivity index (χ0n) is 9.64. The highest BCUT2D eigenvalue weighted by molar-refractivity contribution is 7.19. The maximum Gasteiger partial charge on any atom is 0.123 e. The first-order chi connectivity index (χ1) is 7.72. The molecule has 0 saturated heterocycles. The maximum absolute atomic E-state index is 13.1. The van der Waals surface area contributed by atoms with Crippen molar-refractivity contribution in [3.8, 4) is 0 Å². The van der Waals surface area contributed by atoms with E-state index in [1.165, 1.54) is 21.2 Å². The van der Waals surface area contributed by atoms with Crippen LogP contribution in [0.3, 0.4) is 0 Å². The van der Waals surface area contributed by atoms with Gasteiger partial charge in [0.1, 0.15) is 5.82 Å². The zero-order chi connectivity index (χ0) is 11.5. The monoisotopic (exact) mass is 237 g/mol. The van der Waals surface area contributed by atoms with E-state index in [-0.39, 0.29) is 5.82 Å². The molecule has 0 aliphatic rings. The van der Waals surface area contributed by atoms with Crippen LogP contribution in [0.15, 0.2) is 18.2 Å². The van der Waals surface area contributed by atoms with E-state index in [9.17, 15) is 4.39 Å². The standard InChI is InChI=1S/C13H16FNS/c1-3-6-15-8-13-9(2)11-7-10(14)4-5-12(11)16-13/h4-5,7,15H,3,6,8H2,1-2H3. The molecule has 1 N–H and O–H groups in total. The lowest BCUT2D eigenvalue weighted by molar-refractivity contribution is 0.629. The van der Waals surface area contributed by atoms with Gasteiger partial charge in [-0.15, -0.1) is 11.3 Å². The Balaban J connectivity index is 2.29. The molecule has 1 nitrogen and oxygen atoms in total. The van der Waals surface area contributed by atoms with Gasteiger partial charge in [-0.2, -0.15) is 0 Å². The Kier molecular flexibility index (Phi) is 3.56. The van der Waals surface area contributed by atoms with Crippen LogP contribution in [-0.2, 0) is 6.54 Å². The van der Waals surface area contributed by atoms with Crippen molar-refractivity contribution in [3.63, 3.8) is 0 Å². The van der Waals surface area contributed by atoms with Gasteiger partial charge >= 0.3 is 0 Å². The van der Waals surface area contributed by atoms with E-state index in [1.54, 1.807) is 17.4 Å². The summed E-state index contributed by atoms with van der Waals surface area (Å²) in [4.78, 5) is 1.31. The van der Waals surface area contributed by atoms with Crippen molar-refractivity contribution in [1.82, 2.24) is 5.32 Å². The molecule has 0 bridgehead atoms. The van der Waals surface area contributed by atoms with Gasteiger partial charge in [0.2, 0.25) is 0 Å². The van der Waals surface area contributed by atoms with E-state index < -0.39 is 0 Å². The molecule has 0 spiro atoms. The Labute approximate surface area is 99.3 Å². The molecule has 0 amide bonds. The van der Waals surface area contributed by atoms with E-state index in [4.69, 9.17) is 0 Å². The summed E-state index contributed by atoms with van der Waals surface area (Å²) >= 11 is 1.75. The number of halogens is 1. The van der Waals surface area contributed by atoms with Gasteiger partial charge in [-0.05, 0) is 49.0 Å². The highest BCUT2D eigenvalue weighted by Gasteiger charge is 2.08. The molecule has 0 aliphatic heterocycles. The summed E-state index contributed by atoms with van der Waals surface area (Å²) in [5, 5.41) is 4.44. The topological polar surface area (TPSA) is 12.0 Å². The molecule has 3 heteroatoms. The highest BCUT2D eigenvalue weighted by Crippen LogP contribution is 2.31. The molecule has 0 fully saturated rings. The largest absolute Gasteiger partial charge is 0.312 e. The summed E-state index contributed by atoms with van der Waals surface area (Å²) in [6, 6.07) is 5.03. The zero-order valence-corrected chi connectivity index (χ0v) is 10.5. The molecule has 1 aromatic heterocycles. The number of nitrogens with one attached hydrogen (secondary N) is 1. The molecule has 16 heavy (non-hydrogen) atoms. The van der Waals surface area contributed by atoms with Crippen LogP contribution in [0.1, 0.15) is 23.8 Å². The first kappa shape index (κ1) is 11.6. The Morgan fingerprint density at radius 3 is 2.94 bits per heavy atom. The van der Waals surface area contributed by atoms with Crippen LogP contribution in [0.2, 0.25) is 0 Å². The minimum absolute atomic E-state index is 0.151. The normalized spacial score (nSPS) is 11.2. The Morgan fingerprint density at radius 1 is 1.38 bits per heavy atom. The van der Waals surface area contributed by atoms with Crippen LogP contribution in [0.5, 0.6) is 0 Å². The predicted molar refractivity (Wildman–Crippen MR) is 68.5 cm³/mol. The summed E-state index contributed by atoms with van der Waals surface area (Å²) in [6.45, 7) is 6.14. The Morgan fingerprint density at radius 2 is 2.19 bits per heavy atom. The second-order valence-electron chi connectivity index (χ2n) is 3.97. The number of rotatable bonds is 4. The third-order valence-electron chi connectivity index (χ3n) is 2.71. The van der Waals surface area contributed by atoms with Crippen molar-refractivity contribution in [1.29, 1.82) is 0 Å². The molecular weight excluding hydrogens is 221 g/mol. The van der Waals surface area contributed by atoms with Crippen LogP contribution in [0.25, 0.3) is 10.1 Å². The summed E-state index contributed by atoms with van der Waals surface area (Å²) in [6.07, 6.45) is 1.14. The first-order valence-electron chi connectivity index (χ1n) is 5.60. The van der Waals surface area contributed by atoms with E-state index >= 15 is 0 Å². The summed E-state index contributed by atoms with van der Waals surface area (Å²) in [5.74, 6) is -0.151. The van der Waals surface area contributed by atoms with Crippen LogP contribution in [-0.4, -0.2) is 6.54 Å². The van der Waals surface area contributed by atoms with Gasteiger partial charge in [0.25, 0.3) is 0 Å². The van der Waals surface area contributed by atoms with Crippen molar-refractivity contribution in [2.24, 2.45) is 0 Å². The average molecular weight is 237 g/mol. The predicted octanol–water partition coefficient (Wildman–Crippen LogP) is 3.85. The molecule has 0 unspecified atom stereocenters. The van der Waals surface area contributed by atoms with Gasteiger partial charge in [-0.25, -0.2) is 4.39 Å². The minimum Gasteiger partial charge on any atom is -0.312 e. The maximum atomic E-state index is 13.1. The average Bonchev–Trinajstić information content (AvgIpc) is 2.57. The van der Waals surface area contributed by atoms with Crippen LogP contribution >= 0.6 is 11.3 Å². The van der Waals surface area contributed by atoms with Gasteiger partial charge in [0.15, 0.2) is 0 Å². The fourth-order valence-electron chi connectivity index (χ4n) is 1.79. The van der Waals surface area contributed by atoms with E-state index in [0.29, 0.717) is 0 Å². The number of aryl methyl sites for hydroxylation is 1. The van der Waals surface area contributed by atoms with Crippen LogP contribution in [0, 0.1) is 12.7 Å². The van der Waals surface area contributed by atoms with Crippen molar-refractivity contribution in [2.75, 3.05) is 6.54 Å². The lowest BCUT2D eigenvalue weighted by Gasteiger charge is -2.01. The van der Waals surface area contributed by atoms with E-state index in [1.807, 2.05) is 6.07 Å². The third kappa shape index (κ3) is 2.25. The van der Waals surface area contributed by atoms with Crippen molar-refractivity contribution in [3.05, 3.63) is 34.5 Å². The molecule has 0 radical (unpaired) electrons. The van der Waals surface area contributed by atoms with E-state index in [2.05, 4.69) is 19.2 Å². The molecule has 2 aromatic rings. The number of benzene rings is 1. The van der Waals surface area contributed by atoms with Gasteiger partial charge in [-0.1, -0.05) is 6.92 Å². The number of hydrogen-bond acceptors (Lipinski definition) is 2. The van der Waals surface area contributed by atoms with Gasteiger partial charge in [-0.3, -0.25) is 0 Å². The lowest BCUT2D eigenvalue weighted by Crippen LogP contribution is -2.13. The summed E-state index contributed by atoms with van der Waals surface area (Å²) in [7, 11) is 0. The number of fused-ring (bicyclic) bond motifs is 1. The molecule has 1 heterocycles. The van der Waals surface area contributed by atoms with Gasteiger partial charge in [0.05, 0.1) is 0 Å².